The van der Waals surface area contributed by atoms with Crippen molar-refractivity contribution in [2.45, 2.75) is 39.3 Å². The second-order valence-electron chi connectivity index (χ2n) is 4.51. The number of benzene rings is 1. The largest absolute Gasteiger partial charge is 0.508 e. The van der Waals surface area contributed by atoms with Crippen molar-refractivity contribution in [3.63, 3.8) is 0 Å². The van der Waals surface area contributed by atoms with Crippen LogP contribution in [0.25, 0.3) is 0 Å². The van der Waals surface area contributed by atoms with Gasteiger partial charge < -0.3 is 10.4 Å². The number of thioether (sulfide) groups is 1. The van der Waals surface area contributed by atoms with Gasteiger partial charge in [-0.3, -0.25) is 0 Å². The summed E-state index contributed by atoms with van der Waals surface area (Å²) in [5, 5.41) is 13.5. The molecule has 0 radical (unpaired) electrons. The molecule has 0 aliphatic carbocycles. The van der Waals surface area contributed by atoms with Crippen LogP contribution in [0.5, 0.6) is 5.75 Å². The van der Waals surface area contributed by atoms with E-state index in [0.717, 1.165) is 23.3 Å². The zero-order valence-electron chi connectivity index (χ0n) is 11.2. The summed E-state index contributed by atoms with van der Waals surface area (Å²) < 4.78 is 0. The van der Waals surface area contributed by atoms with Gasteiger partial charge in [0.25, 0.3) is 0 Å². The van der Waals surface area contributed by atoms with Crippen molar-refractivity contribution in [2.24, 2.45) is 0 Å². The lowest BCUT2D eigenvalue weighted by molar-refractivity contribution is 0.432. The van der Waals surface area contributed by atoms with Gasteiger partial charge in [-0.25, -0.2) is 0 Å². The highest BCUT2D eigenvalue weighted by molar-refractivity contribution is 7.98. The number of hydrogen-bond donors (Lipinski definition) is 2. The molecule has 0 aromatic heterocycles. The second-order valence-corrected chi connectivity index (χ2v) is 5.42. The van der Waals surface area contributed by atoms with Crippen LogP contribution >= 0.6 is 11.8 Å². The molecular weight excluding hydrogens is 230 g/mol. The van der Waals surface area contributed by atoms with Crippen molar-refractivity contribution in [1.82, 2.24) is 5.32 Å². The fourth-order valence-electron chi connectivity index (χ4n) is 1.95. The third-order valence-electron chi connectivity index (χ3n) is 3.00. The zero-order valence-corrected chi connectivity index (χ0v) is 12.0. The minimum absolute atomic E-state index is 0.188. The normalized spacial score (nSPS) is 14.6. The van der Waals surface area contributed by atoms with Crippen LogP contribution in [0.15, 0.2) is 18.2 Å². The van der Waals surface area contributed by atoms with Crippen LogP contribution in [0.1, 0.15) is 37.4 Å². The first-order valence-corrected chi connectivity index (χ1v) is 7.52. The van der Waals surface area contributed by atoms with Crippen LogP contribution in [0, 0.1) is 6.92 Å². The van der Waals surface area contributed by atoms with Gasteiger partial charge in [0.2, 0.25) is 0 Å². The Labute approximate surface area is 109 Å². The fourth-order valence-corrected chi connectivity index (χ4v) is 2.68. The summed E-state index contributed by atoms with van der Waals surface area (Å²) >= 11 is 1.85. The molecule has 0 saturated carbocycles. The van der Waals surface area contributed by atoms with Crippen LogP contribution in [-0.2, 0) is 0 Å². The molecule has 96 valence electrons. The molecule has 1 aromatic rings. The fraction of sp³-hybridized carbons (Fsp3) is 0.571. The molecule has 2 atom stereocenters. The van der Waals surface area contributed by atoms with Crippen LogP contribution in [-0.4, -0.2) is 23.2 Å². The van der Waals surface area contributed by atoms with E-state index in [0.29, 0.717) is 11.8 Å². The molecule has 0 aliphatic heterocycles. The molecule has 0 amide bonds. The van der Waals surface area contributed by atoms with Gasteiger partial charge in [0.05, 0.1) is 0 Å². The summed E-state index contributed by atoms with van der Waals surface area (Å²) in [5.41, 5.74) is 2.07. The highest BCUT2D eigenvalue weighted by atomic mass is 32.2. The third kappa shape index (κ3) is 4.25. The van der Waals surface area contributed by atoms with E-state index < -0.39 is 0 Å². The summed E-state index contributed by atoms with van der Waals surface area (Å²) in [6.07, 6.45) is 3.23. The number of aromatic hydroxyl groups is 1. The SMILES string of the molecule is CCC(CSC)NC(C)c1ccc(C)cc1O. The number of phenols is 1. The molecule has 3 heteroatoms. The van der Waals surface area contributed by atoms with Crippen molar-refractivity contribution in [1.29, 1.82) is 0 Å². The van der Waals surface area contributed by atoms with Gasteiger partial charge in [0, 0.05) is 23.4 Å². The van der Waals surface area contributed by atoms with E-state index in [1.165, 1.54) is 0 Å². The standard InChI is InChI=1S/C14H23NOS/c1-5-12(9-17-4)15-11(3)13-7-6-10(2)8-14(13)16/h6-8,11-12,15-16H,5,9H2,1-4H3. The molecule has 0 bridgehead atoms. The Morgan fingerprint density at radius 3 is 2.65 bits per heavy atom. The summed E-state index contributed by atoms with van der Waals surface area (Å²) in [7, 11) is 0. The van der Waals surface area contributed by atoms with E-state index in [-0.39, 0.29) is 6.04 Å². The molecule has 17 heavy (non-hydrogen) atoms. The number of hydrogen-bond acceptors (Lipinski definition) is 3. The number of aryl methyl sites for hydroxylation is 1. The van der Waals surface area contributed by atoms with Crippen molar-refractivity contribution in [3.8, 4) is 5.75 Å². The molecule has 2 N–H and O–H groups in total. The molecule has 2 unspecified atom stereocenters. The van der Waals surface area contributed by atoms with E-state index in [9.17, 15) is 5.11 Å². The van der Waals surface area contributed by atoms with Crippen molar-refractivity contribution in [2.75, 3.05) is 12.0 Å². The van der Waals surface area contributed by atoms with E-state index in [4.69, 9.17) is 0 Å². The minimum Gasteiger partial charge on any atom is -0.508 e. The number of rotatable bonds is 6. The van der Waals surface area contributed by atoms with Gasteiger partial charge in [0.15, 0.2) is 0 Å². The average molecular weight is 253 g/mol. The lowest BCUT2D eigenvalue weighted by atomic mass is 10.0. The number of nitrogens with one attached hydrogen (secondary N) is 1. The first kappa shape index (κ1) is 14.4. The van der Waals surface area contributed by atoms with E-state index in [2.05, 4.69) is 25.4 Å². The Bertz CT molecular complexity index is 354. The third-order valence-corrected chi connectivity index (χ3v) is 3.73. The molecular formula is C14H23NOS. The molecule has 2 nitrogen and oxygen atoms in total. The van der Waals surface area contributed by atoms with Crippen molar-refractivity contribution < 1.29 is 5.11 Å². The Morgan fingerprint density at radius 2 is 2.12 bits per heavy atom. The first-order chi connectivity index (χ1) is 8.08. The van der Waals surface area contributed by atoms with Crippen molar-refractivity contribution >= 4 is 11.8 Å². The molecule has 1 rings (SSSR count). The average Bonchev–Trinajstić information content (AvgIpc) is 2.28. The molecule has 0 heterocycles. The van der Waals surface area contributed by atoms with Crippen LogP contribution in [0.3, 0.4) is 0 Å². The van der Waals surface area contributed by atoms with Gasteiger partial charge in [-0.1, -0.05) is 19.1 Å². The minimum atomic E-state index is 0.188. The van der Waals surface area contributed by atoms with Gasteiger partial charge in [0.1, 0.15) is 5.75 Å². The molecule has 0 spiro atoms. The summed E-state index contributed by atoms with van der Waals surface area (Å²) in [5.74, 6) is 1.50. The van der Waals surface area contributed by atoms with Crippen LogP contribution < -0.4 is 5.32 Å². The molecule has 0 fully saturated rings. The topological polar surface area (TPSA) is 32.3 Å². The monoisotopic (exact) mass is 253 g/mol. The molecule has 1 aromatic carbocycles. The first-order valence-electron chi connectivity index (χ1n) is 6.13. The Kier molecular flexibility index (Phi) is 5.86. The lowest BCUT2D eigenvalue weighted by Crippen LogP contribution is -2.33. The van der Waals surface area contributed by atoms with Crippen LogP contribution in [0.2, 0.25) is 0 Å². The highest BCUT2D eigenvalue weighted by Gasteiger charge is 2.14. The van der Waals surface area contributed by atoms with Gasteiger partial charge in [-0.15, -0.1) is 0 Å². The molecule has 0 saturated heterocycles. The Hall–Kier alpha value is -0.670. The smallest absolute Gasteiger partial charge is 0.120 e. The summed E-state index contributed by atoms with van der Waals surface area (Å²) in [6, 6.07) is 6.56. The van der Waals surface area contributed by atoms with E-state index in [1.54, 1.807) is 0 Å². The second kappa shape index (κ2) is 6.92. The molecule has 0 aliphatic rings. The lowest BCUT2D eigenvalue weighted by Gasteiger charge is -2.22. The van der Waals surface area contributed by atoms with E-state index in [1.807, 2.05) is 36.9 Å². The highest BCUT2D eigenvalue weighted by Crippen LogP contribution is 2.25. The summed E-state index contributed by atoms with van der Waals surface area (Å²) in [4.78, 5) is 0. The zero-order chi connectivity index (χ0) is 12.8. The van der Waals surface area contributed by atoms with Crippen molar-refractivity contribution in [3.05, 3.63) is 29.3 Å². The van der Waals surface area contributed by atoms with Gasteiger partial charge in [-0.2, -0.15) is 11.8 Å². The summed E-state index contributed by atoms with van der Waals surface area (Å²) in [6.45, 7) is 6.28. The van der Waals surface area contributed by atoms with Gasteiger partial charge in [-0.05, 0) is 38.2 Å². The quantitative estimate of drug-likeness (QED) is 0.814. The van der Waals surface area contributed by atoms with E-state index >= 15 is 0 Å². The van der Waals surface area contributed by atoms with Gasteiger partial charge >= 0.3 is 0 Å². The number of phenolic OH excluding ortho intramolecular Hbond substituents is 1. The Balaban J connectivity index is 2.71. The predicted molar refractivity (Wildman–Crippen MR) is 76.9 cm³/mol. The maximum absolute atomic E-state index is 9.93. The maximum Gasteiger partial charge on any atom is 0.120 e. The predicted octanol–water partition coefficient (Wildman–Crippen LogP) is 3.49. The Morgan fingerprint density at radius 1 is 1.41 bits per heavy atom. The van der Waals surface area contributed by atoms with Crippen LogP contribution in [0.4, 0.5) is 0 Å². The maximum atomic E-state index is 9.93.